The van der Waals surface area contributed by atoms with Crippen molar-refractivity contribution in [1.29, 1.82) is 0 Å². The average molecular weight is 366 g/mol. The smallest absolute Gasteiger partial charge is 0.342 e. The summed E-state index contributed by atoms with van der Waals surface area (Å²) in [5, 5.41) is 0.690. The molecule has 0 heterocycles. The van der Waals surface area contributed by atoms with Crippen molar-refractivity contribution >= 4 is 21.8 Å². The van der Waals surface area contributed by atoms with Crippen molar-refractivity contribution in [1.82, 2.24) is 4.90 Å². The van der Waals surface area contributed by atoms with Gasteiger partial charge in [-0.3, -0.25) is 4.79 Å². The summed E-state index contributed by atoms with van der Waals surface area (Å²) in [6.45, 7) is 3.34. The quantitative estimate of drug-likeness (QED) is 0.660. The van der Waals surface area contributed by atoms with Crippen LogP contribution in [0.1, 0.15) is 30.9 Å². The second-order valence-corrected chi connectivity index (χ2v) is 5.59. The topological polar surface area (TPSA) is 20.3 Å². The van der Waals surface area contributed by atoms with Gasteiger partial charge in [0, 0.05) is 18.4 Å². The fourth-order valence-corrected chi connectivity index (χ4v) is 2.34. The standard InChI is InChI=1S/C15H19BrF3NO/c1-2-3-9-20(10-8-16)14(21)11-12-4-6-13(7-5-12)15(17,18)19/h4-7H,2-3,8-11H2,1H3. The van der Waals surface area contributed by atoms with Gasteiger partial charge >= 0.3 is 6.18 Å². The van der Waals surface area contributed by atoms with Crippen LogP contribution in [0.15, 0.2) is 24.3 Å². The summed E-state index contributed by atoms with van der Waals surface area (Å²) in [4.78, 5) is 13.9. The van der Waals surface area contributed by atoms with Crippen molar-refractivity contribution in [2.24, 2.45) is 0 Å². The monoisotopic (exact) mass is 365 g/mol. The molecule has 0 spiro atoms. The molecule has 0 aromatic heterocycles. The molecular formula is C15H19BrF3NO. The van der Waals surface area contributed by atoms with Crippen LogP contribution in [-0.4, -0.2) is 29.2 Å². The molecule has 0 aliphatic carbocycles. The number of unbranched alkanes of at least 4 members (excludes halogenated alkanes) is 1. The van der Waals surface area contributed by atoms with Gasteiger partial charge in [-0.1, -0.05) is 41.4 Å². The molecule has 6 heteroatoms. The second-order valence-electron chi connectivity index (χ2n) is 4.79. The number of carbonyl (C=O) groups is 1. The predicted molar refractivity (Wildman–Crippen MR) is 80.4 cm³/mol. The highest BCUT2D eigenvalue weighted by Gasteiger charge is 2.30. The normalized spacial score (nSPS) is 11.5. The largest absolute Gasteiger partial charge is 0.416 e. The summed E-state index contributed by atoms with van der Waals surface area (Å²) in [5.41, 5.74) is -0.0916. The fraction of sp³-hybridized carbons (Fsp3) is 0.533. The molecule has 0 aliphatic rings. The molecule has 0 unspecified atom stereocenters. The molecule has 0 saturated heterocycles. The van der Waals surface area contributed by atoms with Gasteiger partial charge in [0.25, 0.3) is 0 Å². The Labute approximate surface area is 131 Å². The Morgan fingerprint density at radius 1 is 1.19 bits per heavy atom. The zero-order valence-corrected chi connectivity index (χ0v) is 13.5. The van der Waals surface area contributed by atoms with Crippen LogP contribution in [0.2, 0.25) is 0 Å². The SMILES string of the molecule is CCCCN(CCBr)C(=O)Cc1ccc(C(F)(F)F)cc1. The third-order valence-corrected chi connectivity index (χ3v) is 3.48. The Bertz CT molecular complexity index is 445. The molecule has 21 heavy (non-hydrogen) atoms. The number of amides is 1. The van der Waals surface area contributed by atoms with Crippen LogP contribution in [0.5, 0.6) is 0 Å². The number of hydrogen-bond donors (Lipinski definition) is 0. The van der Waals surface area contributed by atoms with Gasteiger partial charge in [0.1, 0.15) is 0 Å². The summed E-state index contributed by atoms with van der Waals surface area (Å²) in [7, 11) is 0. The van der Waals surface area contributed by atoms with E-state index in [1.54, 1.807) is 4.90 Å². The molecular weight excluding hydrogens is 347 g/mol. The van der Waals surface area contributed by atoms with Crippen LogP contribution in [0.4, 0.5) is 13.2 Å². The number of carbonyl (C=O) groups excluding carboxylic acids is 1. The zero-order valence-electron chi connectivity index (χ0n) is 11.9. The van der Waals surface area contributed by atoms with Crippen molar-refractivity contribution in [3.8, 4) is 0 Å². The van der Waals surface area contributed by atoms with Gasteiger partial charge in [0.2, 0.25) is 5.91 Å². The number of rotatable bonds is 7. The Kier molecular flexibility index (Phi) is 7.22. The van der Waals surface area contributed by atoms with Gasteiger partial charge in [0.05, 0.1) is 12.0 Å². The van der Waals surface area contributed by atoms with Crippen molar-refractivity contribution in [2.75, 3.05) is 18.4 Å². The van der Waals surface area contributed by atoms with E-state index >= 15 is 0 Å². The maximum atomic E-state index is 12.5. The highest BCUT2D eigenvalue weighted by Crippen LogP contribution is 2.29. The molecule has 1 rings (SSSR count). The molecule has 0 bridgehead atoms. The van der Waals surface area contributed by atoms with Crippen molar-refractivity contribution in [2.45, 2.75) is 32.4 Å². The second kappa shape index (κ2) is 8.41. The molecule has 1 aromatic carbocycles. The lowest BCUT2D eigenvalue weighted by atomic mass is 10.1. The highest BCUT2D eigenvalue weighted by molar-refractivity contribution is 9.09. The lowest BCUT2D eigenvalue weighted by Crippen LogP contribution is -2.34. The van der Waals surface area contributed by atoms with Crippen LogP contribution in [0.3, 0.4) is 0 Å². The van der Waals surface area contributed by atoms with Gasteiger partial charge in [-0.05, 0) is 24.1 Å². The van der Waals surface area contributed by atoms with Gasteiger partial charge in [-0.2, -0.15) is 13.2 Å². The lowest BCUT2D eigenvalue weighted by Gasteiger charge is -2.21. The Balaban J connectivity index is 2.67. The van der Waals surface area contributed by atoms with E-state index in [4.69, 9.17) is 0 Å². The van der Waals surface area contributed by atoms with Gasteiger partial charge in [-0.25, -0.2) is 0 Å². The number of nitrogens with zero attached hydrogens (tertiary/aromatic N) is 1. The molecule has 2 nitrogen and oxygen atoms in total. The van der Waals surface area contributed by atoms with Crippen LogP contribution < -0.4 is 0 Å². The predicted octanol–water partition coefficient (Wildman–Crippen LogP) is 4.27. The number of halogens is 4. The van der Waals surface area contributed by atoms with Crippen LogP contribution in [0.25, 0.3) is 0 Å². The zero-order chi connectivity index (χ0) is 15.9. The van der Waals surface area contributed by atoms with E-state index in [0.29, 0.717) is 24.0 Å². The first-order chi connectivity index (χ1) is 9.88. The first-order valence-electron chi connectivity index (χ1n) is 6.88. The van der Waals surface area contributed by atoms with E-state index in [1.807, 2.05) is 6.92 Å². The Hall–Kier alpha value is -1.04. The minimum Gasteiger partial charge on any atom is -0.342 e. The minimum absolute atomic E-state index is 0.0531. The summed E-state index contributed by atoms with van der Waals surface area (Å²) in [6, 6.07) is 4.77. The molecule has 0 N–H and O–H groups in total. The van der Waals surface area contributed by atoms with Gasteiger partial charge < -0.3 is 4.90 Å². The van der Waals surface area contributed by atoms with Gasteiger partial charge in [0.15, 0.2) is 0 Å². The maximum Gasteiger partial charge on any atom is 0.416 e. The van der Waals surface area contributed by atoms with Crippen LogP contribution >= 0.6 is 15.9 Å². The summed E-state index contributed by atoms with van der Waals surface area (Å²) in [6.07, 6.45) is -2.29. The molecule has 1 aromatic rings. The highest BCUT2D eigenvalue weighted by atomic mass is 79.9. The van der Waals surface area contributed by atoms with E-state index in [-0.39, 0.29) is 12.3 Å². The summed E-state index contributed by atoms with van der Waals surface area (Å²) >= 11 is 3.31. The summed E-state index contributed by atoms with van der Waals surface area (Å²) in [5.74, 6) is -0.0531. The van der Waals surface area contributed by atoms with E-state index in [0.717, 1.165) is 25.0 Å². The third-order valence-electron chi connectivity index (χ3n) is 3.13. The molecule has 0 radical (unpaired) electrons. The molecule has 0 fully saturated rings. The van der Waals surface area contributed by atoms with Crippen molar-refractivity contribution in [3.63, 3.8) is 0 Å². The molecule has 0 aliphatic heterocycles. The number of hydrogen-bond acceptors (Lipinski definition) is 1. The average Bonchev–Trinajstić information content (AvgIpc) is 2.43. The third kappa shape index (κ3) is 6.08. The van der Waals surface area contributed by atoms with E-state index in [2.05, 4.69) is 15.9 Å². The first-order valence-corrected chi connectivity index (χ1v) is 8.00. The first kappa shape index (κ1) is 18.0. The summed E-state index contributed by atoms with van der Waals surface area (Å²) < 4.78 is 37.4. The van der Waals surface area contributed by atoms with Crippen molar-refractivity contribution in [3.05, 3.63) is 35.4 Å². The molecule has 0 saturated carbocycles. The van der Waals surface area contributed by atoms with Crippen molar-refractivity contribution < 1.29 is 18.0 Å². The minimum atomic E-state index is -4.34. The Morgan fingerprint density at radius 2 is 1.81 bits per heavy atom. The fourth-order valence-electron chi connectivity index (χ4n) is 1.91. The number of alkyl halides is 4. The van der Waals surface area contributed by atoms with E-state index < -0.39 is 11.7 Å². The molecule has 118 valence electrons. The van der Waals surface area contributed by atoms with Crippen LogP contribution in [0, 0.1) is 0 Å². The van der Waals surface area contributed by atoms with Gasteiger partial charge in [-0.15, -0.1) is 0 Å². The molecule has 0 atom stereocenters. The lowest BCUT2D eigenvalue weighted by molar-refractivity contribution is -0.137. The van der Waals surface area contributed by atoms with E-state index in [1.165, 1.54) is 12.1 Å². The van der Waals surface area contributed by atoms with E-state index in [9.17, 15) is 18.0 Å². The molecule has 1 amide bonds. The number of benzene rings is 1. The van der Waals surface area contributed by atoms with Crippen LogP contribution in [-0.2, 0) is 17.4 Å². The maximum absolute atomic E-state index is 12.5. The Morgan fingerprint density at radius 3 is 2.29 bits per heavy atom.